The molecule has 0 bridgehead atoms. The van der Waals surface area contributed by atoms with Crippen molar-refractivity contribution in [3.05, 3.63) is 234 Å². The van der Waals surface area contributed by atoms with E-state index in [1.165, 1.54) is 66.6 Å². The third kappa shape index (κ3) is 6.96. The predicted molar refractivity (Wildman–Crippen MR) is 285 cm³/mol. The van der Waals surface area contributed by atoms with E-state index in [4.69, 9.17) is 16.0 Å². The number of furan rings is 1. The van der Waals surface area contributed by atoms with E-state index in [2.05, 4.69) is 220 Å². The summed E-state index contributed by atoms with van der Waals surface area (Å²) in [4.78, 5) is 0. The largest absolute Gasteiger partial charge is 0.456 e. The van der Waals surface area contributed by atoms with Gasteiger partial charge in [0.15, 0.2) is 0 Å². The quantitative estimate of drug-likeness (QED) is 0.156. The van der Waals surface area contributed by atoms with Gasteiger partial charge < -0.3 is 8.98 Å². The van der Waals surface area contributed by atoms with Gasteiger partial charge in [-0.3, -0.25) is 0 Å². The van der Waals surface area contributed by atoms with Gasteiger partial charge in [0.1, 0.15) is 11.2 Å². The monoisotopic (exact) mass is 879 g/mol. The fourth-order valence-corrected chi connectivity index (χ4v) is 10.9. The highest BCUT2D eigenvalue weighted by Crippen LogP contribution is 2.56. The van der Waals surface area contributed by atoms with Crippen molar-refractivity contribution in [1.82, 2.24) is 4.57 Å². The number of halogens is 1. The van der Waals surface area contributed by atoms with Gasteiger partial charge in [-0.25, -0.2) is 0 Å². The molecular formula is C64H46ClNO. The van der Waals surface area contributed by atoms with Crippen molar-refractivity contribution in [3.63, 3.8) is 0 Å². The summed E-state index contributed by atoms with van der Waals surface area (Å²) in [5, 5.41) is 5.28. The molecule has 0 aliphatic heterocycles. The van der Waals surface area contributed by atoms with Crippen LogP contribution in [-0.2, 0) is 0 Å². The van der Waals surface area contributed by atoms with Gasteiger partial charge in [-0.15, -0.1) is 0 Å². The Kier molecular flexibility index (Phi) is 9.82. The van der Waals surface area contributed by atoms with Crippen LogP contribution in [0.1, 0.15) is 22.3 Å². The molecule has 0 radical (unpaired) electrons. The van der Waals surface area contributed by atoms with Crippen molar-refractivity contribution in [2.75, 3.05) is 0 Å². The first kappa shape index (κ1) is 40.6. The number of hydrogen-bond donors (Lipinski definition) is 0. The number of hydrogen-bond acceptors (Lipinski definition) is 1. The lowest BCUT2D eigenvalue weighted by molar-refractivity contribution is 0.669. The first-order chi connectivity index (χ1) is 32.8. The average Bonchev–Trinajstić information content (AvgIpc) is 3.87. The smallest absolute Gasteiger partial charge is 0.136 e. The van der Waals surface area contributed by atoms with Crippen molar-refractivity contribution >= 4 is 55.3 Å². The predicted octanol–water partition coefficient (Wildman–Crippen LogP) is 18.6. The molecule has 12 rings (SSSR count). The summed E-state index contributed by atoms with van der Waals surface area (Å²) in [5.74, 6) is 0. The molecule has 10 aromatic carbocycles. The van der Waals surface area contributed by atoms with Gasteiger partial charge in [-0.1, -0.05) is 192 Å². The van der Waals surface area contributed by atoms with Gasteiger partial charge in [0.2, 0.25) is 0 Å². The van der Waals surface area contributed by atoms with Gasteiger partial charge in [-0.05, 0) is 143 Å². The van der Waals surface area contributed by atoms with Crippen LogP contribution in [0, 0.1) is 27.7 Å². The van der Waals surface area contributed by atoms with E-state index < -0.39 is 0 Å². The summed E-state index contributed by atoms with van der Waals surface area (Å²) < 4.78 is 8.83. The molecule has 0 saturated carbocycles. The second kappa shape index (κ2) is 16.2. The Bertz CT molecular complexity index is 3830. The van der Waals surface area contributed by atoms with E-state index in [-0.39, 0.29) is 0 Å². The number of rotatable bonds is 7. The highest BCUT2D eigenvalue weighted by Gasteiger charge is 2.30. The van der Waals surface area contributed by atoms with Crippen LogP contribution >= 0.6 is 11.6 Å². The molecule has 67 heavy (non-hydrogen) atoms. The van der Waals surface area contributed by atoms with Gasteiger partial charge in [-0.2, -0.15) is 0 Å². The molecule has 0 spiro atoms. The molecule has 0 amide bonds. The first-order valence-corrected chi connectivity index (χ1v) is 23.4. The number of para-hydroxylation sites is 2. The maximum atomic E-state index is 6.74. The van der Waals surface area contributed by atoms with Crippen molar-refractivity contribution in [3.8, 4) is 72.4 Å². The molecule has 2 heterocycles. The third-order valence-electron chi connectivity index (χ3n) is 13.4. The summed E-state index contributed by atoms with van der Waals surface area (Å²) in [6.07, 6.45) is 0. The molecule has 2 aromatic heterocycles. The van der Waals surface area contributed by atoms with E-state index >= 15 is 0 Å². The number of fused-ring (bicyclic) bond motifs is 6. The fourth-order valence-electron chi connectivity index (χ4n) is 10.8. The summed E-state index contributed by atoms with van der Waals surface area (Å²) in [6.45, 7) is 8.83. The number of benzene rings is 10. The number of aryl methyl sites for hydroxylation is 4. The van der Waals surface area contributed by atoms with Gasteiger partial charge in [0.25, 0.3) is 0 Å². The van der Waals surface area contributed by atoms with Gasteiger partial charge in [0.05, 0.1) is 11.0 Å². The van der Waals surface area contributed by atoms with Crippen molar-refractivity contribution in [1.29, 1.82) is 0 Å². The van der Waals surface area contributed by atoms with Gasteiger partial charge >= 0.3 is 0 Å². The molecule has 0 aliphatic rings. The second-order valence-electron chi connectivity index (χ2n) is 18.1. The average molecular weight is 881 g/mol. The fraction of sp³-hybridized carbons (Fsp3) is 0.0625. The Labute approximate surface area is 396 Å². The molecule has 2 nitrogen and oxygen atoms in total. The third-order valence-corrected chi connectivity index (χ3v) is 13.6. The van der Waals surface area contributed by atoms with Crippen LogP contribution in [0.2, 0.25) is 5.02 Å². The summed E-state index contributed by atoms with van der Waals surface area (Å²) in [6, 6.07) is 75.3. The van der Waals surface area contributed by atoms with Crippen molar-refractivity contribution in [2.24, 2.45) is 0 Å². The number of aromatic nitrogens is 1. The minimum atomic E-state index is 0.702. The van der Waals surface area contributed by atoms with Crippen molar-refractivity contribution < 1.29 is 4.42 Å². The maximum Gasteiger partial charge on any atom is 0.136 e. The SMILES string of the molecule is Cc1cc(C)cc(-c2c(-c3ccccc3)c(-c3ccccc3)c(-c3cc(C)cc(C)c3)c(-c3ccc(-n4c5ccccc5c5cc6oc7ccccc7c6cc54)cc3)c2-c2ccc(Cl)cc2)c1. The molecule has 12 aromatic rings. The van der Waals surface area contributed by atoms with Crippen LogP contribution in [0.25, 0.3) is 116 Å². The summed E-state index contributed by atoms with van der Waals surface area (Å²) >= 11 is 6.74. The van der Waals surface area contributed by atoms with Crippen LogP contribution in [0.5, 0.6) is 0 Å². The molecule has 0 N–H and O–H groups in total. The standard InChI is InChI=1S/C64H46ClNO/c1-39-31-40(2)34-47(33-39)63-59(43-15-7-5-8-16-43)60(44-17-9-6-10-18-44)64(48-35-41(3)32-42(4)36-48)62(61(63)45-23-27-49(65)28-24-45)46-25-29-50(30-26-46)66-55-21-13-11-19-51(55)53-38-58-54(37-56(53)66)52-20-12-14-22-57(52)67-58/h5-38H,1-4H3. The molecule has 0 fully saturated rings. The van der Waals surface area contributed by atoms with Crippen LogP contribution in [0.15, 0.2) is 211 Å². The van der Waals surface area contributed by atoms with E-state index in [0.717, 1.165) is 71.9 Å². The van der Waals surface area contributed by atoms with E-state index in [9.17, 15) is 0 Å². The normalized spacial score (nSPS) is 11.7. The topological polar surface area (TPSA) is 18.1 Å². The Morgan fingerprint density at radius 3 is 1.28 bits per heavy atom. The summed E-state index contributed by atoms with van der Waals surface area (Å²) in [7, 11) is 0. The van der Waals surface area contributed by atoms with Crippen LogP contribution < -0.4 is 0 Å². The first-order valence-electron chi connectivity index (χ1n) is 23.0. The molecule has 0 saturated heterocycles. The highest BCUT2D eigenvalue weighted by molar-refractivity contribution is 6.30. The highest BCUT2D eigenvalue weighted by atomic mass is 35.5. The molecular weight excluding hydrogens is 834 g/mol. The number of nitrogens with zero attached hydrogens (tertiary/aromatic N) is 1. The minimum absolute atomic E-state index is 0.702. The maximum absolute atomic E-state index is 6.74. The summed E-state index contributed by atoms with van der Waals surface area (Å²) in [5.41, 5.74) is 24.0. The van der Waals surface area contributed by atoms with Crippen LogP contribution in [0.3, 0.4) is 0 Å². The molecule has 3 heteroatoms. The Morgan fingerprint density at radius 2 is 0.746 bits per heavy atom. The second-order valence-corrected chi connectivity index (χ2v) is 18.5. The zero-order valence-electron chi connectivity index (χ0n) is 37.9. The Hall–Kier alpha value is -7.91. The zero-order chi connectivity index (χ0) is 45.3. The minimum Gasteiger partial charge on any atom is -0.456 e. The van der Waals surface area contributed by atoms with Gasteiger partial charge in [0, 0.05) is 32.3 Å². The zero-order valence-corrected chi connectivity index (χ0v) is 38.6. The Morgan fingerprint density at radius 1 is 0.313 bits per heavy atom. The molecule has 320 valence electrons. The molecule has 0 unspecified atom stereocenters. The van der Waals surface area contributed by atoms with Crippen LogP contribution in [0.4, 0.5) is 0 Å². The lowest BCUT2D eigenvalue weighted by Gasteiger charge is -2.29. The lowest BCUT2D eigenvalue weighted by Crippen LogP contribution is -2.03. The molecule has 0 atom stereocenters. The van der Waals surface area contributed by atoms with E-state index in [1.807, 2.05) is 18.2 Å². The Balaban J connectivity index is 1.23. The lowest BCUT2D eigenvalue weighted by atomic mass is 9.73. The van der Waals surface area contributed by atoms with Crippen molar-refractivity contribution in [2.45, 2.75) is 27.7 Å². The molecule has 0 aliphatic carbocycles. The van der Waals surface area contributed by atoms with E-state index in [1.54, 1.807) is 0 Å². The van der Waals surface area contributed by atoms with E-state index in [0.29, 0.717) is 5.02 Å². The van der Waals surface area contributed by atoms with Crippen LogP contribution in [-0.4, -0.2) is 4.57 Å².